The molecule has 0 aromatic heterocycles. The van der Waals surface area contributed by atoms with E-state index in [4.69, 9.17) is 4.74 Å². The Kier molecular flexibility index (Phi) is 5.26. The van der Waals surface area contributed by atoms with Crippen LogP contribution in [0.3, 0.4) is 0 Å². The van der Waals surface area contributed by atoms with Gasteiger partial charge in [0.25, 0.3) is 0 Å². The average Bonchev–Trinajstić information content (AvgIpc) is 3.17. The van der Waals surface area contributed by atoms with Crippen LogP contribution in [0.5, 0.6) is 34.5 Å². The van der Waals surface area contributed by atoms with Crippen LogP contribution in [0.4, 0.5) is 0 Å². The van der Waals surface area contributed by atoms with Crippen LogP contribution >= 0.6 is 0 Å². The Morgan fingerprint density at radius 2 is 1.15 bits per heavy atom. The van der Waals surface area contributed by atoms with Crippen molar-refractivity contribution in [1.29, 1.82) is 0 Å². The first-order valence-electron chi connectivity index (χ1n) is 10.7. The van der Waals surface area contributed by atoms with E-state index >= 15 is 0 Å². The predicted octanol–water partition coefficient (Wildman–Crippen LogP) is 5.65. The Balaban J connectivity index is 1.67. The van der Waals surface area contributed by atoms with Crippen molar-refractivity contribution < 1.29 is 30.3 Å². The number of hydrogen-bond donors (Lipinski definition) is 5. The van der Waals surface area contributed by atoms with Crippen molar-refractivity contribution in [3.63, 3.8) is 0 Å². The Hall–Kier alpha value is -4.58. The molecule has 0 amide bonds. The normalized spacial score (nSPS) is 16.9. The maximum absolute atomic E-state index is 10.4. The van der Waals surface area contributed by atoms with E-state index in [0.717, 1.165) is 16.7 Å². The largest absolute Gasteiger partial charge is 0.508 e. The van der Waals surface area contributed by atoms with Crippen LogP contribution in [0.1, 0.15) is 39.8 Å². The number of phenols is 5. The van der Waals surface area contributed by atoms with Crippen LogP contribution in [0, 0.1) is 0 Å². The van der Waals surface area contributed by atoms with Crippen LogP contribution < -0.4 is 4.74 Å². The summed E-state index contributed by atoms with van der Waals surface area (Å²) in [6.45, 7) is 0. The zero-order valence-corrected chi connectivity index (χ0v) is 18.0. The highest BCUT2D eigenvalue weighted by Gasteiger charge is 2.39. The highest BCUT2D eigenvalue weighted by Crippen LogP contribution is 2.53. The van der Waals surface area contributed by atoms with Crippen LogP contribution in [0.15, 0.2) is 78.9 Å². The van der Waals surface area contributed by atoms with E-state index in [2.05, 4.69) is 0 Å². The minimum atomic E-state index is -0.528. The summed E-state index contributed by atoms with van der Waals surface area (Å²) < 4.78 is 6.30. The molecular formula is C28H22O6. The minimum Gasteiger partial charge on any atom is -0.508 e. The second-order valence-corrected chi connectivity index (χ2v) is 8.26. The zero-order valence-electron chi connectivity index (χ0n) is 18.0. The maximum atomic E-state index is 10.4. The third-order valence-electron chi connectivity index (χ3n) is 5.88. The number of hydrogen-bond acceptors (Lipinski definition) is 6. The van der Waals surface area contributed by atoms with Gasteiger partial charge in [-0.2, -0.15) is 0 Å². The molecule has 5 rings (SSSR count). The van der Waals surface area contributed by atoms with Gasteiger partial charge in [-0.1, -0.05) is 36.4 Å². The van der Waals surface area contributed by atoms with Gasteiger partial charge < -0.3 is 30.3 Å². The van der Waals surface area contributed by atoms with E-state index in [1.807, 2.05) is 12.2 Å². The minimum absolute atomic E-state index is 0.0352. The van der Waals surface area contributed by atoms with Crippen molar-refractivity contribution in [1.82, 2.24) is 0 Å². The molecule has 34 heavy (non-hydrogen) atoms. The summed E-state index contributed by atoms with van der Waals surface area (Å²) in [5, 5.41) is 50.0. The molecule has 6 nitrogen and oxygen atoms in total. The second kappa shape index (κ2) is 8.41. The summed E-state index contributed by atoms with van der Waals surface area (Å²) in [5.41, 5.74) is 3.78. The van der Waals surface area contributed by atoms with Crippen LogP contribution in [-0.4, -0.2) is 25.5 Å². The topological polar surface area (TPSA) is 110 Å². The molecule has 4 aromatic carbocycles. The Morgan fingerprint density at radius 1 is 0.559 bits per heavy atom. The summed E-state index contributed by atoms with van der Waals surface area (Å²) in [6, 6.07) is 21.0. The highest BCUT2D eigenvalue weighted by molar-refractivity contribution is 5.75. The number of fused-ring (bicyclic) bond motifs is 1. The summed E-state index contributed by atoms with van der Waals surface area (Å²) in [7, 11) is 0. The Morgan fingerprint density at radius 3 is 1.79 bits per heavy atom. The fraction of sp³-hybridized carbons (Fsp3) is 0.0714. The quantitative estimate of drug-likeness (QED) is 0.255. The van der Waals surface area contributed by atoms with Crippen LogP contribution in [0.2, 0.25) is 0 Å². The lowest BCUT2D eigenvalue weighted by Gasteiger charge is -2.21. The van der Waals surface area contributed by atoms with E-state index < -0.39 is 12.0 Å². The molecule has 0 saturated heterocycles. The smallest absolute Gasteiger partial charge is 0.135 e. The summed E-state index contributed by atoms with van der Waals surface area (Å²) >= 11 is 0. The maximum Gasteiger partial charge on any atom is 0.135 e. The molecule has 0 saturated carbocycles. The van der Waals surface area contributed by atoms with Crippen LogP contribution in [0.25, 0.3) is 12.2 Å². The molecule has 0 spiro atoms. The lowest BCUT2D eigenvalue weighted by atomic mass is 9.82. The zero-order chi connectivity index (χ0) is 23.8. The highest BCUT2D eigenvalue weighted by atomic mass is 16.5. The fourth-order valence-corrected chi connectivity index (χ4v) is 4.39. The van der Waals surface area contributed by atoms with Crippen molar-refractivity contribution in [3.8, 4) is 34.5 Å². The van der Waals surface area contributed by atoms with Gasteiger partial charge >= 0.3 is 0 Å². The number of rotatable bonds is 4. The van der Waals surface area contributed by atoms with Gasteiger partial charge in [0.15, 0.2) is 0 Å². The first kappa shape index (κ1) is 21.3. The van der Waals surface area contributed by atoms with Crippen molar-refractivity contribution in [2.45, 2.75) is 12.0 Å². The summed E-state index contributed by atoms with van der Waals surface area (Å²) in [5.74, 6) is 0.243. The van der Waals surface area contributed by atoms with E-state index in [-0.39, 0.29) is 28.7 Å². The molecule has 1 heterocycles. The van der Waals surface area contributed by atoms with Crippen molar-refractivity contribution in [3.05, 3.63) is 107 Å². The molecule has 5 N–H and O–H groups in total. The van der Waals surface area contributed by atoms with Crippen LogP contribution in [-0.2, 0) is 0 Å². The van der Waals surface area contributed by atoms with Gasteiger partial charge in [-0.25, -0.2) is 0 Å². The average molecular weight is 454 g/mol. The molecule has 1 aliphatic heterocycles. The van der Waals surface area contributed by atoms with E-state index in [1.54, 1.807) is 72.8 Å². The van der Waals surface area contributed by atoms with Gasteiger partial charge in [-0.3, -0.25) is 0 Å². The van der Waals surface area contributed by atoms with E-state index in [0.29, 0.717) is 16.9 Å². The lowest BCUT2D eigenvalue weighted by molar-refractivity contribution is 0.221. The second-order valence-electron chi connectivity index (χ2n) is 8.26. The van der Waals surface area contributed by atoms with Gasteiger partial charge in [0.2, 0.25) is 0 Å². The van der Waals surface area contributed by atoms with Gasteiger partial charge in [-0.05, 0) is 64.7 Å². The predicted molar refractivity (Wildman–Crippen MR) is 128 cm³/mol. The Bertz CT molecular complexity index is 1350. The standard InChI is InChI=1S/C28H22O6/c29-20-7-2-16(3-8-20)1-4-18-11-24(33)15-25-26(18)27(19-12-22(31)14-23(32)13-19)28(34-25)17-5-9-21(30)10-6-17/h1-15,27-33H/b4-1+/t27-,28+/m1/s1. The van der Waals surface area contributed by atoms with E-state index in [1.165, 1.54) is 6.07 Å². The molecular weight excluding hydrogens is 432 g/mol. The summed E-state index contributed by atoms with van der Waals surface area (Å²) in [6.07, 6.45) is 3.18. The third kappa shape index (κ3) is 4.09. The van der Waals surface area contributed by atoms with Crippen molar-refractivity contribution in [2.75, 3.05) is 0 Å². The molecule has 4 aromatic rings. The number of phenolic OH excluding ortho intramolecular Hbond substituents is 5. The first-order valence-corrected chi connectivity index (χ1v) is 10.7. The molecule has 1 aliphatic rings. The molecule has 0 bridgehead atoms. The monoisotopic (exact) mass is 454 g/mol. The molecule has 0 fully saturated rings. The molecule has 0 radical (unpaired) electrons. The molecule has 2 atom stereocenters. The van der Waals surface area contributed by atoms with Gasteiger partial charge in [0, 0.05) is 17.7 Å². The lowest BCUT2D eigenvalue weighted by Crippen LogP contribution is -2.11. The van der Waals surface area contributed by atoms with Crippen molar-refractivity contribution in [2.24, 2.45) is 0 Å². The number of benzene rings is 4. The number of aromatic hydroxyl groups is 5. The third-order valence-corrected chi connectivity index (χ3v) is 5.88. The van der Waals surface area contributed by atoms with Crippen molar-refractivity contribution >= 4 is 12.2 Å². The van der Waals surface area contributed by atoms with Gasteiger partial charge in [-0.15, -0.1) is 0 Å². The molecule has 0 aliphatic carbocycles. The first-order chi connectivity index (χ1) is 16.4. The summed E-state index contributed by atoms with van der Waals surface area (Å²) in [4.78, 5) is 0. The SMILES string of the molecule is Oc1ccc(/C=C/c2cc(O)cc3c2[C@@H](c2cc(O)cc(O)c2)[C@H](c2ccc(O)cc2)O3)cc1. The fourth-order valence-electron chi connectivity index (χ4n) is 4.39. The number of ether oxygens (including phenoxy) is 1. The van der Waals surface area contributed by atoms with Gasteiger partial charge in [0.05, 0.1) is 5.92 Å². The molecule has 0 unspecified atom stereocenters. The van der Waals surface area contributed by atoms with E-state index in [9.17, 15) is 25.5 Å². The Labute approximate surface area is 195 Å². The van der Waals surface area contributed by atoms with Gasteiger partial charge in [0.1, 0.15) is 40.6 Å². The molecule has 6 heteroatoms. The molecule has 170 valence electrons.